The number of rotatable bonds is 4. The highest BCUT2D eigenvalue weighted by molar-refractivity contribution is 5.68. The number of ether oxygens (including phenoxy) is 2. The van der Waals surface area contributed by atoms with Crippen molar-refractivity contribution in [1.82, 2.24) is 9.88 Å². The second kappa shape index (κ2) is 7.64. The fourth-order valence-electron chi connectivity index (χ4n) is 2.37. The second-order valence-electron chi connectivity index (χ2n) is 6.94. The lowest BCUT2D eigenvalue weighted by atomic mass is 10.2. The van der Waals surface area contributed by atoms with E-state index < -0.39 is 10.5 Å². The Kier molecular flexibility index (Phi) is 5.78. The van der Waals surface area contributed by atoms with Crippen molar-refractivity contribution < 1.29 is 19.2 Å². The van der Waals surface area contributed by atoms with E-state index in [-0.39, 0.29) is 23.7 Å². The average molecular weight is 352 g/mol. The molecule has 1 aliphatic rings. The molecule has 9 heteroatoms. The molecule has 0 spiro atoms. The first-order valence-electron chi connectivity index (χ1n) is 8.10. The van der Waals surface area contributed by atoms with Gasteiger partial charge in [0.05, 0.1) is 24.2 Å². The molecule has 1 N–H and O–H groups in total. The fourth-order valence-corrected chi connectivity index (χ4v) is 2.37. The highest BCUT2D eigenvalue weighted by atomic mass is 16.6. The number of nitro groups is 1. The number of carbonyl (C=O) groups excluding carboxylic acids is 1. The maximum atomic E-state index is 12.1. The van der Waals surface area contributed by atoms with Crippen molar-refractivity contribution in [2.24, 2.45) is 0 Å². The average Bonchev–Trinajstić information content (AvgIpc) is 2.52. The van der Waals surface area contributed by atoms with E-state index in [2.05, 4.69) is 10.3 Å². The summed E-state index contributed by atoms with van der Waals surface area (Å²) in [6, 6.07) is 1.46. The minimum atomic E-state index is -0.560. The lowest BCUT2D eigenvalue weighted by molar-refractivity contribution is -0.384. The molecule has 0 radical (unpaired) electrons. The Labute approximate surface area is 146 Å². The molecule has 0 unspecified atom stereocenters. The minimum Gasteiger partial charge on any atom is -0.444 e. The topological polar surface area (TPSA) is 107 Å². The van der Waals surface area contributed by atoms with Crippen molar-refractivity contribution in [2.75, 3.05) is 31.6 Å². The zero-order valence-corrected chi connectivity index (χ0v) is 14.9. The van der Waals surface area contributed by atoms with Gasteiger partial charge in [0.2, 0.25) is 5.82 Å². The van der Waals surface area contributed by atoms with E-state index in [0.29, 0.717) is 31.8 Å². The van der Waals surface area contributed by atoms with Crippen LogP contribution >= 0.6 is 0 Å². The predicted octanol–water partition coefficient (Wildman–Crippen LogP) is 2.35. The summed E-state index contributed by atoms with van der Waals surface area (Å²) in [4.78, 5) is 28.4. The Hall–Kier alpha value is -2.42. The van der Waals surface area contributed by atoms with Crippen LogP contribution in [0.3, 0.4) is 0 Å². The van der Waals surface area contributed by atoms with Crippen LogP contribution < -0.4 is 5.32 Å². The maximum Gasteiger partial charge on any atom is 0.410 e. The van der Waals surface area contributed by atoms with E-state index in [4.69, 9.17) is 9.47 Å². The molecule has 0 saturated carbocycles. The summed E-state index contributed by atoms with van der Waals surface area (Å²) in [7, 11) is 0. The number of aromatic nitrogens is 1. The molecule has 2 rings (SSSR count). The number of amides is 1. The van der Waals surface area contributed by atoms with Crippen molar-refractivity contribution in [3.8, 4) is 0 Å². The van der Waals surface area contributed by atoms with E-state index in [9.17, 15) is 14.9 Å². The first-order valence-corrected chi connectivity index (χ1v) is 8.10. The number of nitrogens with one attached hydrogen (secondary N) is 1. The zero-order chi connectivity index (χ0) is 18.6. The fraction of sp³-hybridized carbons (Fsp3) is 0.625. The van der Waals surface area contributed by atoms with E-state index in [1.807, 2.05) is 20.8 Å². The molecule has 1 amide bonds. The van der Waals surface area contributed by atoms with Crippen LogP contribution in [0.5, 0.6) is 0 Å². The van der Waals surface area contributed by atoms with Gasteiger partial charge in [-0.3, -0.25) is 10.1 Å². The predicted molar refractivity (Wildman–Crippen MR) is 91.7 cm³/mol. The Morgan fingerprint density at radius 3 is 2.92 bits per heavy atom. The number of pyridine rings is 1. The van der Waals surface area contributed by atoms with Gasteiger partial charge in [-0.05, 0) is 33.3 Å². The zero-order valence-electron chi connectivity index (χ0n) is 14.9. The van der Waals surface area contributed by atoms with Crippen LogP contribution in [0.15, 0.2) is 12.3 Å². The molecule has 2 heterocycles. The summed E-state index contributed by atoms with van der Waals surface area (Å²) in [5.74, 6) is 0.189. The van der Waals surface area contributed by atoms with Crippen molar-refractivity contribution >= 4 is 17.6 Å². The van der Waals surface area contributed by atoms with Crippen LogP contribution in [-0.2, 0) is 9.47 Å². The van der Waals surface area contributed by atoms with Crippen molar-refractivity contribution in [3.05, 3.63) is 27.9 Å². The number of morpholine rings is 1. The molecule has 1 aromatic rings. The van der Waals surface area contributed by atoms with Crippen LogP contribution in [0.4, 0.5) is 16.3 Å². The Morgan fingerprint density at radius 2 is 2.28 bits per heavy atom. The lowest BCUT2D eigenvalue weighted by Crippen LogP contribution is -2.49. The van der Waals surface area contributed by atoms with Crippen LogP contribution in [0.1, 0.15) is 26.3 Å². The standard InChI is InChI=1S/C16H24N4O5/c1-11-7-13(20(22)23)14(17-8-11)18-9-12-10-19(5-6-24-12)15(21)25-16(2,3)4/h7-8,12H,5-6,9-10H2,1-4H3,(H,17,18)/t12-/m0/s1. The molecular formula is C16H24N4O5. The van der Waals surface area contributed by atoms with E-state index >= 15 is 0 Å². The SMILES string of the molecule is Cc1cnc(NC[C@H]2CN(C(=O)OC(C)(C)C)CCO2)c([N+](=O)[O-])c1. The largest absolute Gasteiger partial charge is 0.444 e. The molecular weight excluding hydrogens is 328 g/mol. The van der Waals surface area contributed by atoms with E-state index in [1.165, 1.54) is 6.07 Å². The van der Waals surface area contributed by atoms with Crippen molar-refractivity contribution in [2.45, 2.75) is 39.4 Å². The lowest BCUT2D eigenvalue weighted by Gasteiger charge is -2.34. The van der Waals surface area contributed by atoms with Gasteiger partial charge in [0, 0.05) is 25.4 Å². The third-order valence-corrected chi connectivity index (χ3v) is 3.49. The molecule has 138 valence electrons. The second-order valence-corrected chi connectivity index (χ2v) is 6.94. The molecule has 0 bridgehead atoms. The number of hydrogen-bond acceptors (Lipinski definition) is 7. The minimum absolute atomic E-state index is 0.0835. The van der Waals surface area contributed by atoms with E-state index in [0.717, 1.165) is 0 Å². The smallest absolute Gasteiger partial charge is 0.410 e. The van der Waals surface area contributed by atoms with Gasteiger partial charge in [0.15, 0.2) is 0 Å². The molecule has 0 aromatic carbocycles. The number of carbonyl (C=O) groups is 1. The first-order chi connectivity index (χ1) is 11.7. The number of anilines is 1. The summed E-state index contributed by atoms with van der Waals surface area (Å²) < 4.78 is 11.0. The molecule has 1 saturated heterocycles. The van der Waals surface area contributed by atoms with Crippen molar-refractivity contribution in [3.63, 3.8) is 0 Å². The van der Waals surface area contributed by atoms with Crippen LogP contribution in [0, 0.1) is 17.0 Å². The summed E-state index contributed by atoms with van der Waals surface area (Å²) >= 11 is 0. The van der Waals surface area contributed by atoms with Gasteiger partial charge >= 0.3 is 11.8 Å². The maximum absolute atomic E-state index is 12.1. The van der Waals surface area contributed by atoms with Crippen LogP contribution in [-0.4, -0.2) is 58.8 Å². The van der Waals surface area contributed by atoms with Gasteiger partial charge in [0.25, 0.3) is 0 Å². The Morgan fingerprint density at radius 1 is 1.56 bits per heavy atom. The van der Waals surface area contributed by atoms with Gasteiger partial charge < -0.3 is 19.7 Å². The van der Waals surface area contributed by atoms with Crippen LogP contribution in [0.25, 0.3) is 0 Å². The van der Waals surface area contributed by atoms with Gasteiger partial charge in [-0.1, -0.05) is 0 Å². The molecule has 1 fully saturated rings. The highest BCUT2D eigenvalue weighted by Crippen LogP contribution is 2.22. The van der Waals surface area contributed by atoms with Gasteiger partial charge in [-0.15, -0.1) is 0 Å². The quantitative estimate of drug-likeness (QED) is 0.654. The number of nitrogens with zero attached hydrogens (tertiary/aromatic N) is 3. The highest BCUT2D eigenvalue weighted by Gasteiger charge is 2.28. The summed E-state index contributed by atoms with van der Waals surface area (Å²) in [6.07, 6.45) is 0.869. The van der Waals surface area contributed by atoms with Gasteiger partial charge in [-0.2, -0.15) is 0 Å². The molecule has 9 nitrogen and oxygen atoms in total. The van der Waals surface area contributed by atoms with Crippen molar-refractivity contribution in [1.29, 1.82) is 0 Å². The molecule has 25 heavy (non-hydrogen) atoms. The molecule has 1 atom stereocenters. The monoisotopic (exact) mass is 352 g/mol. The number of hydrogen-bond donors (Lipinski definition) is 1. The third kappa shape index (κ3) is 5.56. The number of aryl methyl sites for hydroxylation is 1. The van der Waals surface area contributed by atoms with Gasteiger partial charge in [0.1, 0.15) is 5.60 Å². The van der Waals surface area contributed by atoms with E-state index in [1.54, 1.807) is 18.0 Å². The molecule has 1 aliphatic heterocycles. The normalized spacial score (nSPS) is 17.9. The Balaban J connectivity index is 1.95. The third-order valence-electron chi connectivity index (χ3n) is 3.49. The first kappa shape index (κ1) is 18.9. The summed E-state index contributed by atoms with van der Waals surface area (Å²) in [5.41, 5.74) is 0.0670. The van der Waals surface area contributed by atoms with Gasteiger partial charge in [-0.25, -0.2) is 9.78 Å². The van der Waals surface area contributed by atoms with Crippen LogP contribution in [0.2, 0.25) is 0 Å². The summed E-state index contributed by atoms with van der Waals surface area (Å²) in [5, 5.41) is 14.1. The molecule has 0 aliphatic carbocycles. The molecule has 1 aromatic heterocycles. The summed E-state index contributed by atoms with van der Waals surface area (Å²) in [6.45, 7) is 8.67. The Bertz CT molecular complexity index is 644.